The molecule has 0 saturated carbocycles. The molecule has 7 nitrogen and oxygen atoms in total. The summed E-state index contributed by atoms with van der Waals surface area (Å²) < 4.78 is 18.4. The van der Waals surface area contributed by atoms with Crippen LogP contribution in [0.3, 0.4) is 0 Å². The van der Waals surface area contributed by atoms with Crippen molar-refractivity contribution in [1.29, 1.82) is 0 Å². The number of hydrogen-bond acceptors (Lipinski definition) is 5. The summed E-state index contributed by atoms with van der Waals surface area (Å²) in [5, 5.41) is 16.2. The number of nitrogens with zero attached hydrogens (tertiary/aromatic N) is 1. The number of aliphatic carboxylic acids is 2. The van der Waals surface area contributed by atoms with Crippen LogP contribution in [0.1, 0.15) is 0 Å². The number of fused-ring (bicyclic) bond motifs is 1. The van der Waals surface area contributed by atoms with Gasteiger partial charge in [0.1, 0.15) is 11.3 Å². The number of methoxy groups -OCH3 is 1. The molecular formula is C14H13FN2O5. The third kappa shape index (κ3) is 4.75. The predicted octanol–water partition coefficient (Wildman–Crippen LogP) is 1.68. The van der Waals surface area contributed by atoms with Gasteiger partial charge >= 0.3 is 11.9 Å². The van der Waals surface area contributed by atoms with Crippen LogP contribution in [0.15, 0.2) is 36.5 Å². The molecule has 0 aliphatic rings. The van der Waals surface area contributed by atoms with Gasteiger partial charge in [-0.05, 0) is 12.1 Å². The molecule has 0 radical (unpaired) electrons. The van der Waals surface area contributed by atoms with Crippen LogP contribution in [-0.4, -0.2) is 34.2 Å². The standard InChI is InChI=1S/C10H9FN2O.C4H4O4/c1-14-6-4-7-9(12)2-3-13-10(7)8(11)5-6;5-3(6)1-2-4(7)8/h2-5H,1H3,(H2,12,13);1-2H,(H,5,6)(H,7,8). The second-order valence-corrected chi connectivity index (χ2v) is 3.92. The number of ether oxygens (including phenoxy) is 1. The van der Waals surface area contributed by atoms with E-state index in [1.165, 1.54) is 19.4 Å². The molecule has 22 heavy (non-hydrogen) atoms. The molecule has 0 saturated heterocycles. The zero-order chi connectivity index (χ0) is 16.7. The van der Waals surface area contributed by atoms with Gasteiger partial charge in [0.25, 0.3) is 0 Å². The van der Waals surface area contributed by atoms with E-state index in [-0.39, 0.29) is 5.52 Å². The minimum atomic E-state index is -1.26. The van der Waals surface area contributed by atoms with Crippen molar-refractivity contribution in [2.24, 2.45) is 0 Å². The molecule has 0 amide bonds. The Kier molecular flexibility index (Phi) is 5.82. The number of carboxylic acids is 2. The fourth-order valence-corrected chi connectivity index (χ4v) is 1.47. The number of pyridine rings is 1. The van der Waals surface area contributed by atoms with Crippen LogP contribution in [0.5, 0.6) is 5.75 Å². The molecular weight excluding hydrogens is 295 g/mol. The van der Waals surface area contributed by atoms with Gasteiger partial charge in [0.2, 0.25) is 0 Å². The van der Waals surface area contributed by atoms with E-state index in [4.69, 9.17) is 20.7 Å². The maximum atomic E-state index is 13.4. The van der Waals surface area contributed by atoms with Crippen molar-refractivity contribution in [3.8, 4) is 5.75 Å². The number of carbonyl (C=O) groups is 2. The quantitative estimate of drug-likeness (QED) is 0.737. The van der Waals surface area contributed by atoms with E-state index < -0.39 is 17.8 Å². The summed E-state index contributed by atoms with van der Waals surface area (Å²) in [4.78, 5) is 23.0. The summed E-state index contributed by atoms with van der Waals surface area (Å²) in [5.41, 5.74) is 6.45. The predicted molar refractivity (Wildman–Crippen MR) is 77.1 cm³/mol. The van der Waals surface area contributed by atoms with E-state index in [9.17, 15) is 14.0 Å². The van der Waals surface area contributed by atoms with Gasteiger partial charge in [-0.2, -0.15) is 0 Å². The highest BCUT2D eigenvalue weighted by Gasteiger charge is 2.07. The number of hydrogen-bond donors (Lipinski definition) is 3. The maximum absolute atomic E-state index is 13.4. The number of rotatable bonds is 3. The number of anilines is 1. The van der Waals surface area contributed by atoms with Crippen LogP contribution in [0.25, 0.3) is 10.9 Å². The Balaban J connectivity index is 0.000000261. The number of aromatic nitrogens is 1. The Morgan fingerprint density at radius 1 is 1.27 bits per heavy atom. The Bertz CT molecular complexity index is 714. The third-order valence-electron chi connectivity index (χ3n) is 2.41. The van der Waals surface area contributed by atoms with Gasteiger partial charge in [0, 0.05) is 35.5 Å². The highest BCUT2D eigenvalue weighted by molar-refractivity contribution is 5.91. The second kappa shape index (κ2) is 7.58. The van der Waals surface area contributed by atoms with Crippen molar-refractivity contribution in [2.45, 2.75) is 0 Å². The minimum Gasteiger partial charge on any atom is -0.497 e. The van der Waals surface area contributed by atoms with Crippen LogP contribution in [-0.2, 0) is 9.59 Å². The summed E-state index contributed by atoms with van der Waals surface area (Å²) in [6.45, 7) is 0. The van der Waals surface area contributed by atoms with Gasteiger partial charge in [-0.25, -0.2) is 14.0 Å². The molecule has 0 aliphatic heterocycles. The van der Waals surface area contributed by atoms with Gasteiger partial charge in [0.05, 0.1) is 7.11 Å². The molecule has 0 unspecified atom stereocenters. The average Bonchev–Trinajstić information content (AvgIpc) is 2.46. The van der Waals surface area contributed by atoms with Gasteiger partial charge in [-0.15, -0.1) is 0 Å². The summed E-state index contributed by atoms with van der Waals surface area (Å²) in [6.07, 6.45) is 2.60. The van der Waals surface area contributed by atoms with Crippen molar-refractivity contribution in [1.82, 2.24) is 4.98 Å². The lowest BCUT2D eigenvalue weighted by atomic mass is 10.2. The molecule has 1 aromatic heterocycles. The van der Waals surface area contributed by atoms with Crippen molar-refractivity contribution in [3.63, 3.8) is 0 Å². The molecule has 0 fully saturated rings. The molecule has 2 rings (SSSR count). The highest BCUT2D eigenvalue weighted by atomic mass is 19.1. The van der Waals surface area contributed by atoms with Crippen molar-refractivity contribution < 1.29 is 28.9 Å². The molecule has 2 aromatic rings. The van der Waals surface area contributed by atoms with Crippen LogP contribution < -0.4 is 10.5 Å². The maximum Gasteiger partial charge on any atom is 0.328 e. The molecule has 4 N–H and O–H groups in total. The third-order valence-corrected chi connectivity index (χ3v) is 2.41. The van der Waals surface area contributed by atoms with E-state index >= 15 is 0 Å². The van der Waals surface area contributed by atoms with E-state index in [2.05, 4.69) is 4.98 Å². The van der Waals surface area contributed by atoms with E-state index in [1.807, 2.05) is 0 Å². The second-order valence-electron chi connectivity index (χ2n) is 3.92. The number of benzene rings is 1. The number of halogens is 1. The molecule has 0 aliphatic carbocycles. The smallest absolute Gasteiger partial charge is 0.328 e. The lowest BCUT2D eigenvalue weighted by Gasteiger charge is -2.05. The SMILES string of the molecule is COc1cc(F)c2nccc(N)c2c1.O=C(O)C=CC(=O)O. The first-order chi connectivity index (χ1) is 10.3. The van der Waals surface area contributed by atoms with Crippen LogP contribution in [0, 0.1) is 5.82 Å². The highest BCUT2D eigenvalue weighted by Crippen LogP contribution is 2.26. The summed E-state index contributed by atoms with van der Waals surface area (Å²) in [5.74, 6) is -2.50. The molecule has 116 valence electrons. The van der Waals surface area contributed by atoms with E-state index in [0.717, 1.165) is 0 Å². The zero-order valence-electron chi connectivity index (χ0n) is 11.5. The zero-order valence-corrected chi connectivity index (χ0v) is 11.5. The fourth-order valence-electron chi connectivity index (χ4n) is 1.47. The molecule has 1 aromatic carbocycles. The van der Waals surface area contributed by atoms with Crippen LogP contribution >= 0.6 is 0 Å². The normalized spacial score (nSPS) is 10.1. The van der Waals surface area contributed by atoms with Crippen LogP contribution in [0.4, 0.5) is 10.1 Å². The first-order valence-electron chi connectivity index (χ1n) is 5.86. The largest absolute Gasteiger partial charge is 0.497 e. The monoisotopic (exact) mass is 308 g/mol. The van der Waals surface area contributed by atoms with Gasteiger partial charge in [-0.3, -0.25) is 4.98 Å². The van der Waals surface area contributed by atoms with Crippen LogP contribution in [0.2, 0.25) is 0 Å². The molecule has 8 heteroatoms. The van der Waals surface area contributed by atoms with Crippen molar-refractivity contribution >= 4 is 28.5 Å². The molecule has 0 bridgehead atoms. The van der Waals surface area contributed by atoms with Gasteiger partial charge in [0.15, 0.2) is 5.82 Å². The first kappa shape index (κ1) is 16.9. The minimum absolute atomic E-state index is 0.269. The Hall–Kier alpha value is -3.16. The lowest BCUT2D eigenvalue weighted by Crippen LogP contribution is -1.93. The van der Waals surface area contributed by atoms with E-state index in [0.29, 0.717) is 29.0 Å². The fraction of sp³-hybridized carbons (Fsp3) is 0.0714. The summed E-state index contributed by atoms with van der Waals surface area (Å²) in [6, 6.07) is 4.58. The summed E-state index contributed by atoms with van der Waals surface area (Å²) in [7, 11) is 1.48. The lowest BCUT2D eigenvalue weighted by molar-refractivity contribution is -0.134. The molecule has 1 heterocycles. The first-order valence-corrected chi connectivity index (χ1v) is 5.86. The molecule has 0 spiro atoms. The average molecular weight is 308 g/mol. The van der Waals surface area contributed by atoms with Crippen molar-refractivity contribution in [2.75, 3.05) is 12.8 Å². The summed E-state index contributed by atoms with van der Waals surface area (Å²) >= 11 is 0. The Labute approximate surface area is 124 Å². The Morgan fingerprint density at radius 3 is 2.36 bits per heavy atom. The van der Waals surface area contributed by atoms with Gasteiger partial charge < -0.3 is 20.7 Å². The molecule has 0 atom stereocenters. The number of carboxylic acid groups (broad SMARTS) is 2. The topological polar surface area (TPSA) is 123 Å². The van der Waals surface area contributed by atoms with E-state index in [1.54, 1.807) is 12.1 Å². The number of nitrogens with two attached hydrogens (primary N) is 1. The van der Waals surface area contributed by atoms with Crippen molar-refractivity contribution in [3.05, 3.63) is 42.4 Å². The number of nitrogen functional groups attached to an aromatic ring is 1. The Morgan fingerprint density at radius 2 is 1.86 bits per heavy atom. The van der Waals surface area contributed by atoms with Gasteiger partial charge in [-0.1, -0.05) is 0 Å².